The highest BCUT2D eigenvalue weighted by atomic mass is 16.6. The molecule has 0 bridgehead atoms. The van der Waals surface area contributed by atoms with Gasteiger partial charge in [0.15, 0.2) is 0 Å². The van der Waals surface area contributed by atoms with Gasteiger partial charge in [-0.05, 0) is 19.9 Å². The number of para-hydroxylation sites is 1. The minimum absolute atomic E-state index is 0.146. The van der Waals surface area contributed by atoms with Crippen LogP contribution in [-0.2, 0) is 4.74 Å². The van der Waals surface area contributed by atoms with Crippen molar-refractivity contribution in [2.24, 2.45) is 0 Å². The van der Waals surface area contributed by atoms with Crippen LogP contribution in [0, 0.1) is 10.1 Å². The molecule has 2 atom stereocenters. The maximum Gasteiger partial charge on any atom is 0.276 e. The number of nitrogens with zero attached hydrogens (tertiary/aromatic N) is 2. The molecule has 5 nitrogen and oxygen atoms in total. The average Bonchev–Trinajstić information content (AvgIpc) is 2.38. The Balaban J connectivity index is 1.98. The van der Waals surface area contributed by atoms with E-state index in [1.165, 1.54) is 6.07 Å². The van der Waals surface area contributed by atoms with Gasteiger partial charge in [0.25, 0.3) is 5.69 Å². The van der Waals surface area contributed by atoms with Crippen molar-refractivity contribution in [2.75, 3.05) is 19.6 Å². The SMILES string of the molecule is C[C@H]1CN(C/C=C/c2ccccc2[N+](=O)[O-])C[C@H](C)O1. The summed E-state index contributed by atoms with van der Waals surface area (Å²) in [5.41, 5.74) is 0.791. The molecule has 1 aromatic carbocycles. The largest absolute Gasteiger partial charge is 0.373 e. The van der Waals surface area contributed by atoms with E-state index >= 15 is 0 Å². The second kappa shape index (κ2) is 6.63. The van der Waals surface area contributed by atoms with Crippen LogP contribution in [0.5, 0.6) is 0 Å². The number of nitro benzene ring substituents is 1. The van der Waals surface area contributed by atoms with Crippen LogP contribution in [0.2, 0.25) is 0 Å². The topological polar surface area (TPSA) is 55.6 Å². The first-order valence-corrected chi connectivity index (χ1v) is 6.84. The summed E-state index contributed by atoms with van der Waals surface area (Å²) in [5, 5.41) is 10.9. The van der Waals surface area contributed by atoms with Gasteiger partial charge in [0, 0.05) is 25.7 Å². The molecule has 0 aliphatic carbocycles. The summed E-state index contributed by atoms with van der Waals surface area (Å²) in [4.78, 5) is 12.9. The van der Waals surface area contributed by atoms with Gasteiger partial charge in [0.2, 0.25) is 0 Å². The zero-order valence-corrected chi connectivity index (χ0v) is 11.9. The summed E-state index contributed by atoms with van der Waals surface area (Å²) in [5.74, 6) is 0. The molecule has 0 aromatic heterocycles. The van der Waals surface area contributed by atoms with Crippen LogP contribution in [0.15, 0.2) is 30.3 Å². The quantitative estimate of drug-likeness (QED) is 0.626. The van der Waals surface area contributed by atoms with Gasteiger partial charge in [0.1, 0.15) is 0 Å². The lowest BCUT2D eigenvalue weighted by Crippen LogP contribution is -2.45. The number of rotatable bonds is 4. The van der Waals surface area contributed by atoms with Crippen molar-refractivity contribution in [3.63, 3.8) is 0 Å². The fraction of sp³-hybridized carbons (Fsp3) is 0.467. The highest BCUT2D eigenvalue weighted by Gasteiger charge is 2.20. The molecule has 0 unspecified atom stereocenters. The van der Waals surface area contributed by atoms with Crippen molar-refractivity contribution < 1.29 is 9.66 Å². The van der Waals surface area contributed by atoms with Crippen LogP contribution in [0.25, 0.3) is 6.08 Å². The van der Waals surface area contributed by atoms with E-state index in [0.29, 0.717) is 5.56 Å². The van der Waals surface area contributed by atoms with Gasteiger partial charge in [-0.2, -0.15) is 0 Å². The summed E-state index contributed by atoms with van der Waals surface area (Å²) in [7, 11) is 0. The van der Waals surface area contributed by atoms with Gasteiger partial charge in [-0.25, -0.2) is 0 Å². The summed E-state index contributed by atoms with van der Waals surface area (Å²) in [6.07, 6.45) is 4.27. The molecule has 2 rings (SSSR count). The molecule has 1 aromatic rings. The predicted octanol–water partition coefficient (Wildman–Crippen LogP) is 2.72. The molecule has 1 saturated heterocycles. The Labute approximate surface area is 119 Å². The number of ether oxygens (including phenoxy) is 1. The highest BCUT2D eigenvalue weighted by Crippen LogP contribution is 2.19. The van der Waals surface area contributed by atoms with E-state index < -0.39 is 0 Å². The van der Waals surface area contributed by atoms with Gasteiger partial charge >= 0.3 is 0 Å². The second-order valence-electron chi connectivity index (χ2n) is 5.19. The zero-order chi connectivity index (χ0) is 14.5. The molecule has 0 spiro atoms. The number of hydrogen-bond donors (Lipinski definition) is 0. The third kappa shape index (κ3) is 3.88. The number of hydrogen-bond acceptors (Lipinski definition) is 4. The molecule has 5 heteroatoms. The monoisotopic (exact) mass is 276 g/mol. The van der Waals surface area contributed by atoms with E-state index in [1.807, 2.05) is 18.2 Å². The van der Waals surface area contributed by atoms with Crippen molar-refractivity contribution in [2.45, 2.75) is 26.1 Å². The second-order valence-corrected chi connectivity index (χ2v) is 5.19. The lowest BCUT2D eigenvalue weighted by molar-refractivity contribution is -0.385. The van der Waals surface area contributed by atoms with Crippen molar-refractivity contribution in [3.8, 4) is 0 Å². The maximum atomic E-state index is 10.9. The Hall–Kier alpha value is -1.72. The molecule has 1 heterocycles. The zero-order valence-electron chi connectivity index (χ0n) is 11.9. The molecule has 1 aliphatic heterocycles. The molecule has 20 heavy (non-hydrogen) atoms. The van der Waals surface area contributed by atoms with E-state index in [1.54, 1.807) is 12.1 Å². The fourth-order valence-corrected chi connectivity index (χ4v) is 2.56. The Kier molecular flexibility index (Phi) is 4.87. The Morgan fingerprint density at radius 3 is 2.65 bits per heavy atom. The van der Waals surface area contributed by atoms with Gasteiger partial charge in [-0.3, -0.25) is 15.0 Å². The third-order valence-corrected chi connectivity index (χ3v) is 3.29. The third-order valence-electron chi connectivity index (χ3n) is 3.29. The molecule has 0 amide bonds. The molecule has 1 fully saturated rings. The van der Waals surface area contributed by atoms with E-state index in [9.17, 15) is 10.1 Å². The lowest BCUT2D eigenvalue weighted by Gasteiger charge is -2.34. The average molecular weight is 276 g/mol. The van der Waals surface area contributed by atoms with E-state index in [0.717, 1.165) is 19.6 Å². The summed E-state index contributed by atoms with van der Waals surface area (Å²) < 4.78 is 5.68. The molecular formula is C15H20N2O3. The molecular weight excluding hydrogens is 256 g/mol. The highest BCUT2D eigenvalue weighted by molar-refractivity contribution is 5.60. The predicted molar refractivity (Wildman–Crippen MR) is 78.6 cm³/mol. The van der Waals surface area contributed by atoms with Crippen LogP contribution < -0.4 is 0 Å². The summed E-state index contributed by atoms with van der Waals surface area (Å²) in [6, 6.07) is 6.78. The van der Waals surface area contributed by atoms with Crippen LogP contribution in [0.1, 0.15) is 19.4 Å². The van der Waals surface area contributed by atoms with Gasteiger partial charge in [-0.15, -0.1) is 0 Å². The smallest absolute Gasteiger partial charge is 0.276 e. The van der Waals surface area contributed by atoms with Crippen LogP contribution >= 0.6 is 0 Å². The Bertz CT molecular complexity index is 492. The minimum atomic E-state index is -0.349. The molecule has 1 aliphatic rings. The van der Waals surface area contributed by atoms with Crippen molar-refractivity contribution in [1.29, 1.82) is 0 Å². The normalized spacial score (nSPS) is 24.1. The molecule has 108 valence electrons. The standard InChI is InChI=1S/C15H20N2O3/c1-12-10-16(11-13(2)20-12)9-5-7-14-6-3-4-8-15(14)17(18)19/h3-8,12-13H,9-11H2,1-2H3/b7-5+/t12-,13-/m0/s1. The fourth-order valence-electron chi connectivity index (χ4n) is 2.56. The summed E-state index contributed by atoms with van der Waals surface area (Å²) in [6.45, 7) is 6.70. The van der Waals surface area contributed by atoms with Crippen LogP contribution in [0.3, 0.4) is 0 Å². The number of morpholine rings is 1. The van der Waals surface area contributed by atoms with Crippen molar-refractivity contribution in [3.05, 3.63) is 46.0 Å². The Morgan fingerprint density at radius 1 is 1.35 bits per heavy atom. The number of nitro groups is 1. The van der Waals surface area contributed by atoms with Crippen molar-refractivity contribution >= 4 is 11.8 Å². The van der Waals surface area contributed by atoms with Crippen LogP contribution in [-0.4, -0.2) is 41.7 Å². The first kappa shape index (κ1) is 14.7. The van der Waals surface area contributed by atoms with E-state index in [2.05, 4.69) is 18.7 Å². The number of benzene rings is 1. The minimum Gasteiger partial charge on any atom is -0.373 e. The van der Waals surface area contributed by atoms with E-state index in [-0.39, 0.29) is 22.8 Å². The first-order valence-electron chi connectivity index (χ1n) is 6.84. The van der Waals surface area contributed by atoms with Gasteiger partial charge in [-0.1, -0.05) is 24.3 Å². The molecule has 0 radical (unpaired) electrons. The van der Waals surface area contributed by atoms with Gasteiger partial charge in [0.05, 0.1) is 22.7 Å². The lowest BCUT2D eigenvalue weighted by atomic mass is 10.1. The van der Waals surface area contributed by atoms with Crippen molar-refractivity contribution in [1.82, 2.24) is 4.90 Å². The molecule has 0 saturated carbocycles. The maximum absolute atomic E-state index is 10.9. The first-order chi connectivity index (χ1) is 9.56. The van der Waals surface area contributed by atoms with Gasteiger partial charge < -0.3 is 4.74 Å². The van der Waals surface area contributed by atoms with Crippen LogP contribution in [0.4, 0.5) is 5.69 Å². The molecule has 0 N–H and O–H groups in total. The van der Waals surface area contributed by atoms with E-state index in [4.69, 9.17) is 4.74 Å². The summed E-state index contributed by atoms with van der Waals surface area (Å²) >= 11 is 0. The Morgan fingerprint density at radius 2 is 2.00 bits per heavy atom.